The van der Waals surface area contributed by atoms with Crippen LogP contribution in [0.4, 0.5) is 0 Å². The summed E-state index contributed by atoms with van der Waals surface area (Å²) in [4.78, 5) is 0. The molecule has 0 heterocycles. The van der Waals surface area contributed by atoms with Crippen LogP contribution >= 0.6 is 0 Å². The predicted octanol–water partition coefficient (Wildman–Crippen LogP) is 4.65. The predicted molar refractivity (Wildman–Crippen MR) is 78.6 cm³/mol. The maximum Gasteiger partial charge on any atom is -0.0809 e. The van der Waals surface area contributed by atoms with E-state index in [4.69, 9.17) is 0 Å². The third-order valence-electron chi connectivity index (χ3n) is 2.13. The monoisotopic (exact) mass is 286 g/mol. The van der Waals surface area contributed by atoms with Gasteiger partial charge in [-0.3, -0.25) is 6.08 Å². The molecule has 2 heteroatoms. The molecule has 0 aliphatic heterocycles. The van der Waals surface area contributed by atoms with E-state index >= 15 is 0 Å². The van der Waals surface area contributed by atoms with Crippen molar-refractivity contribution in [1.29, 1.82) is 0 Å². The van der Waals surface area contributed by atoms with Crippen molar-refractivity contribution in [3.63, 3.8) is 0 Å². The molecule has 2 aromatic rings. The van der Waals surface area contributed by atoms with Gasteiger partial charge in [0, 0.05) is 0 Å². The van der Waals surface area contributed by atoms with Crippen LogP contribution in [0.15, 0.2) is 60.7 Å². The molecule has 0 bridgehead atoms. The van der Waals surface area contributed by atoms with Gasteiger partial charge in [-0.2, -0.15) is 23.6 Å². The van der Waals surface area contributed by atoms with Crippen LogP contribution in [0.1, 0.15) is 6.42 Å². The fraction of sp³-hybridized carbons (Fsp3) is 0.188. The van der Waals surface area contributed by atoms with Gasteiger partial charge in [0.15, 0.2) is 0 Å². The average molecular weight is 286 g/mol. The quantitative estimate of drug-likeness (QED) is 0.488. The van der Waals surface area contributed by atoms with E-state index in [0.29, 0.717) is 0 Å². The van der Waals surface area contributed by atoms with Crippen LogP contribution in [-0.4, -0.2) is 6.19 Å². The van der Waals surface area contributed by atoms with E-state index in [0.717, 1.165) is 6.42 Å². The number of allylic oxidation sites excluding steroid dienone is 4. The minimum Gasteiger partial charge on any atom is -0.273 e. The molecule has 18 heavy (non-hydrogen) atoms. The van der Waals surface area contributed by atoms with Crippen LogP contribution in [0, 0.1) is 6.08 Å². The summed E-state index contributed by atoms with van der Waals surface area (Å²) in [5.41, 5.74) is 0. The van der Waals surface area contributed by atoms with Gasteiger partial charge in [0.2, 0.25) is 0 Å². The van der Waals surface area contributed by atoms with Gasteiger partial charge >= 0.3 is 38.5 Å². The van der Waals surface area contributed by atoms with Gasteiger partial charge in [-0.05, 0) is 0 Å². The summed E-state index contributed by atoms with van der Waals surface area (Å²) < 4.78 is 0. The number of rotatable bonds is 0. The van der Waals surface area contributed by atoms with Crippen molar-refractivity contribution in [1.82, 2.24) is 0 Å². The molecule has 0 saturated carbocycles. The first-order chi connectivity index (χ1) is 8.70. The van der Waals surface area contributed by atoms with Crippen molar-refractivity contribution < 1.29 is 19.2 Å². The third-order valence-corrected chi connectivity index (χ3v) is 2.13. The van der Waals surface area contributed by atoms with Crippen molar-refractivity contribution in [3.05, 3.63) is 66.8 Å². The van der Waals surface area contributed by atoms with Gasteiger partial charge in [-0.25, -0.2) is 12.2 Å². The van der Waals surface area contributed by atoms with E-state index in [-0.39, 0.29) is 6.19 Å². The van der Waals surface area contributed by atoms with E-state index in [2.05, 4.69) is 86.9 Å². The number of hydrogen-bond donors (Lipinski definition) is 0. The van der Waals surface area contributed by atoms with E-state index in [1.807, 2.05) is 12.2 Å². The van der Waals surface area contributed by atoms with Crippen LogP contribution < -0.4 is 0 Å². The van der Waals surface area contributed by atoms with Gasteiger partial charge in [0.25, 0.3) is 0 Å². The zero-order valence-corrected chi connectivity index (χ0v) is 13.5. The molecule has 1 aliphatic carbocycles. The van der Waals surface area contributed by atoms with Crippen molar-refractivity contribution in [2.75, 3.05) is 0 Å². The smallest absolute Gasteiger partial charge is 0.0809 e. The first-order valence-corrected chi connectivity index (χ1v) is 10.9. The Bertz CT molecular complexity index is 491. The minimum atomic E-state index is 0.120. The summed E-state index contributed by atoms with van der Waals surface area (Å²) >= 11 is 2.27. The summed E-state index contributed by atoms with van der Waals surface area (Å²) in [5.74, 6) is 0. The van der Waals surface area contributed by atoms with Gasteiger partial charge in [0.1, 0.15) is 0 Å². The molecule has 1 aliphatic rings. The number of hydrogen-bond acceptors (Lipinski definition) is 0. The van der Waals surface area contributed by atoms with E-state index < -0.39 is 0 Å². The first-order valence-electron chi connectivity index (χ1n) is 6.04. The summed E-state index contributed by atoms with van der Waals surface area (Å²) in [6, 6.07) is 14.7. The van der Waals surface area contributed by atoms with Crippen molar-refractivity contribution in [2.24, 2.45) is 0 Å². The van der Waals surface area contributed by atoms with E-state index in [9.17, 15) is 0 Å². The summed E-state index contributed by atoms with van der Waals surface area (Å²) in [6.07, 6.45) is 10.1. The van der Waals surface area contributed by atoms with Gasteiger partial charge < -0.3 is 0 Å². The maximum absolute atomic E-state index is 2.99. The summed E-state index contributed by atoms with van der Waals surface area (Å²) in [6.45, 7) is 4.54. The second-order valence-corrected chi connectivity index (χ2v) is 10.8. The zero-order chi connectivity index (χ0) is 13.2. The molecular formula is C16H18SiTi. The Balaban J connectivity index is 0.000000154. The Morgan fingerprint density at radius 1 is 1.22 bits per heavy atom. The molecule has 0 amide bonds. The SMILES string of the molecule is C[Si](C)=[Ti+2].[C-]1=CC=CC1.c1ccc2[cH-]ccc2c1. The molecule has 0 N–H and O–H groups in total. The average Bonchev–Trinajstić information content (AvgIpc) is 3.03. The third kappa shape index (κ3) is 6.85. The van der Waals surface area contributed by atoms with Crippen LogP contribution in [0.5, 0.6) is 0 Å². The Morgan fingerprint density at radius 2 is 1.94 bits per heavy atom. The molecule has 0 fully saturated rings. The Morgan fingerprint density at radius 3 is 2.44 bits per heavy atom. The Labute approximate surface area is 122 Å². The van der Waals surface area contributed by atoms with Crippen molar-refractivity contribution in [3.8, 4) is 0 Å². The molecule has 0 nitrogen and oxygen atoms in total. The number of benzene rings is 1. The molecular weight excluding hydrogens is 268 g/mol. The molecule has 0 radical (unpaired) electrons. The number of fused-ring (bicyclic) bond motifs is 1. The molecule has 0 aromatic heterocycles. The second-order valence-electron chi connectivity index (χ2n) is 4.16. The molecule has 3 rings (SSSR count). The Kier molecular flexibility index (Phi) is 7.83. The van der Waals surface area contributed by atoms with Crippen molar-refractivity contribution in [2.45, 2.75) is 19.5 Å². The summed E-state index contributed by atoms with van der Waals surface area (Å²) in [5, 5.41) is 2.66. The first kappa shape index (κ1) is 15.3. The topological polar surface area (TPSA) is 0 Å². The fourth-order valence-corrected chi connectivity index (χ4v) is 1.41. The normalized spacial score (nSPS) is 11.6. The van der Waals surface area contributed by atoms with Crippen LogP contribution in [0.25, 0.3) is 10.8 Å². The molecule has 90 valence electrons. The van der Waals surface area contributed by atoms with E-state index in [1.165, 1.54) is 10.8 Å². The largest absolute Gasteiger partial charge is 0.273 e. The maximum atomic E-state index is 2.99. The van der Waals surface area contributed by atoms with Crippen LogP contribution in [0.3, 0.4) is 0 Å². The molecule has 0 spiro atoms. The molecule has 2 aromatic carbocycles. The van der Waals surface area contributed by atoms with Crippen molar-refractivity contribution >= 4 is 17.0 Å². The summed E-state index contributed by atoms with van der Waals surface area (Å²) in [7, 11) is 0. The van der Waals surface area contributed by atoms with Crippen LogP contribution in [0.2, 0.25) is 13.1 Å². The molecule has 0 saturated heterocycles. The zero-order valence-electron chi connectivity index (χ0n) is 11.0. The fourth-order valence-electron chi connectivity index (χ4n) is 1.41. The van der Waals surface area contributed by atoms with Gasteiger partial charge in [-0.15, -0.1) is 36.1 Å². The second kappa shape index (κ2) is 9.21. The molecule has 0 unspecified atom stereocenters. The van der Waals surface area contributed by atoms with Crippen LogP contribution in [-0.2, 0) is 19.2 Å². The standard InChI is InChI=1S/C9H7.C5H5.C2H6Si.Ti/c1-2-5-9-7-3-6-8(9)4-1;1-2-4-5-3-1;1-3-2;/h1-7H;1-3H,4H2;1-2H3;/q2*-1;;+2. The Hall–Kier alpha value is -0.759. The molecule has 0 atom stereocenters. The van der Waals surface area contributed by atoms with Gasteiger partial charge in [0.05, 0.1) is 0 Å². The minimum absolute atomic E-state index is 0.120. The van der Waals surface area contributed by atoms with Gasteiger partial charge in [-0.1, -0.05) is 6.07 Å². The van der Waals surface area contributed by atoms with E-state index in [1.54, 1.807) is 0 Å².